The summed E-state index contributed by atoms with van der Waals surface area (Å²) in [5.74, 6) is 0.0948. The number of esters is 1. The second kappa shape index (κ2) is 7.47. The Hall–Kier alpha value is -3.38. The number of carbonyl (C=O) groups excluding carboxylic acids is 1. The number of halogens is 1. The minimum absolute atomic E-state index is 0.104. The topological polar surface area (TPSA) is 70.2 Å². The van der Waals surface area contributed by atoms with E-state index in [1.54, 1.807) is 42.5 Å². The second-order valence-corrected chi connectivity index (χ2v) is 6.16. The molecule has 2 aromatic carbocycles. The summed E-state index contributed by atoms with van der Waals surface area (Å²) in [6.07, 6.45) is 3.81. The van der Waals surface area contributed by atoms with Gasteiger partial charge < -0.3 is 13.7 Å². The highest BCUT2D eigenvalue weighted by molar-refractivity contribution is 6.30. The fraction of sp³-hybridized carbons (Fsp3) is 0.0500. The highest BCUT2D eigenvalue weighted by atomic mass is 35.5. The van der Waals surface area contributed by atoms with Gasteiger partial charge in [-0.25, -0.2) is 4.79 Å². The zero-order valence-electron chi connectivity index (χ0n) is 14.1. The Morgan fingerprint density at radius 1 is 1.04 bits per heavy atom. The molecule has 134 valence electrons. The molecule has 4 rings (SSSR count). The molecule has 0 saturated heterocycles. The van der Waals surface area contributed by atoms with Crippen LogP contribution in [0.3, 0.4) is 0 Å². The van der Waals surface area contributed by atoms with Crippen molar-refractivity contribution in [2.75, 3.05) is 0 Å². The number of nitrogens with zero attached hydrogens (tertiary/aromatic N) is 3. The standard InChI is InChI=1S/C20H14ClN3O3/c21-16-8-6-14(7-9-16)19-23-22-18(27-19)13-26-20(25)15-4-3-5-17(12-15)24-10-1-2-11-24/h1-12H,13H2. The molecule has 6 nitrogen and oxygen atoms in total. The summed E-state index contributed by atoms with van der Waals surface area (Å²) in [6.45, 7) is -0.104. The SMILES string of the molecule is O=C(OCc1nnc(-c2ccc(Cl)cc2)o1)c1cccc(-n2cccc2)c1. The van der Waals surface area contributed by atoms with Crippen LogP contribution in [-0.4, -0.2) is 20.7 Å². The van der Waals surface area contributed by atoms with Gasteiger partial charge in [0, 0.05) is 28.7 Å². The summed E-state index contributed by atoms with van der Waals surface area (Å²) in [5, 5.41) is 8.49. The number of hydrogen-bond acceptors (Lipinski definition) is 5. The van der Waals surface area contributed by atoms with E-state index in [0.717, 1.165) is 11.3 Å². The number of benzene rings is 2. The van der Waals surface area contributed by atoms with Crippen LogP contribution in [0.25, 0.3) is 17.1 Å². The second-order valence-electron chi connectivity index (χ2n) is 5.72. The first-order valence-corrected chi connectivity index (χ1v) is 8.56. The fourth-order valence-electron chi connectivity index (χ4n) is 2.53. The maximum Gasteiger partial charge on any atom is 0.338 e. The Balaban J connectivity index is 1.43. The van der Waals surface area contributed by atoms with E-state index >= 15 is 0 Å². The lowest BCUT2D eigenvalue weighted by Crippen LogP contribution is -2.06. The van der Waals surface area contributed by atoms with Crippen molar-refractivity contribution in [3.63, 3.8) is 0 Å². The van der Waals surface area contributed by atoms with Crippen molar-refractivity contribution >= 4 is 17.6 Å². The lowest BCUT2D eigenvalue weighted by Gasteiger charge is -2.06. The van der Waals surface area contributed by atoms with Crippen molar-refractivity contribution in [1.82, 2.24) is 14.8 Å². The predicted octanol–water partition coefficient (Wildman–Crippen LogP) is 4.54. The van der Waals surface area contributed by atoms with Crippen LogP contribution in [0, 0.1) is 0 Å². The van der Waals surface area contributed by atoms with Crippen LogP contribution in [0.4, 0.5) is 0 Å². The summed E-state index contributed by atoms with van der Waals surface area (Å²) >= 11 is 5.87. The van der Waals surface area contributed by atoms with Gasteiger partial charge in [0.05, 0.1) is 5.56 Å². The monoisotopic (exact) mass is 379 g/mol. The highest BCUT2D eigenvalue weighted by Crippen LogP contribution is 2.20. The lowest BCUT2D eigenvalue weighted by atomic mass is 10.2. The van der Waals surface area contributed by atoms with Gasteiger partial charge >= 0.3 is 5.97 Å². The molecule has 0 fully saturated rings. The van der Waals surface area contributed by atoms with Crippen LogP contribution < -0.4 is 0 Å². The van der Waals surface area contributed by atoms with E-state index in [9.17, 15) is 4.79 Å². The predicted molar refractivity (Wildman–Crippen MR) is 99.6 cm³/mol. The first-order valence-electron chi connectivity index (χ1n) is 8.18. The largest absolute Gasteiger partial charge is 0.452 e. The summed E-state index contributed by atoms with van der Waals surface area (Å²) < 4.78 is 12.7. The maximum absolute atomic E-state index is 12.3. The van der Waals surface area contributed by atoms with Gasteiger partial charge in [0.15, 0.2) is 6.61 Å². The van der Waals surface area contributed by atoms with Crippen molar-refractivity contribution in [1.29, 1.82) is 0 Å². The number of aromatic nitrogens is 3. The van der Waals surface area contributed by atoms with Gasteiger partial charge in [-0.2, -0.15) is 0 Å². The molecule has 2 heterocycles. The third-order valence-corrected chi connectivity index (χ3v) is 4.12. The van der Waals surface area contributed by atoms with Crippen molar-refractivity contribution in [2.24, 2.45) is 0 Å². The molecule has 27 heavy (non-hydrogen) atoms. The number of carbonyl (C=O) groups is 1. The van der Waals surface area contributed by atoms with Gasteiger partial charge in [-0.15, -0.1) is 10.2 Å². The molecule has 0 unspecified atom stereocenters. The Labute approximate surface area is 160 Å². The van der Waals surface area contributed by atoms with Crippen LogP contribution in [0.5, 0.6) is 0 Å². The number of ether oxygens (including phenoxy) is 1. The average molecular weight is 380 g/mol. The van der Waals surface area contributed by atoms with Crippen molar-refractivity contribution in [2.45, 2.75) is 6.61 Å². The summed E-state index contributed by atoms with van der Waals surface area (Å²) in [7, 11) is 0. The van der Waals surface area contributed by atoms with Crippen LogP contribution >= 0.6 is 11.6 Å². The Morgan fingerprint density at radius 2 is 1.81 bits per heavy atom. The normalized spacial score (nSPS) is 10.7. The molecule has 0 radical (unpaired) electrons. The van der Waals surface area contributed by atoms with Gasteiger partial charge in [-0.05, 0) is 54.6 Å². The summed E-state index contributed by atoms with van der Waals surface area (Å²) in [4.78, 5) is 12.3. The molecule has 2 aromatic heterocycles. The molecule has 0 spiro atoms. The molecule has 0 atom stereocenters. The maximum atomic E-state index is 12.3. The first-order chi connectivity index (χ1) is 13.2. The van der Waals surface area contributed by atoms with E-state index in [1.807, 2.05) is 35.2 Å². The van der Waals surface area contributed by atoms with Gasteiger partial charge in [0.25, 0.3) is 5.89 Å². The Kier molecular flexibility index (Phi) is 4.72. The van der Waals surface area contributed by atoms with E-state index in [1.165, 1.54) is 0 Å². The van der Waals surface area contributed by atoms with Gasteiger partial charge in [-0.3, -0.25) is 0 Å². The molecule has 0 aliphatic rings. The van der Waals surface area contributed by atoms with E-state index in [-0.39, 0.29) is 12.5 Å². The zero-order valence-corrected chi connectivity index (χ0v) is 14.8. The molecule has 0 amide bonds. The highest BCUT2D eigenvalue weighted by Gasteiger charge is 2.13. The molecular formula is C20H14ClN3O3. The van der Waals surface area contributed by atoms with E-state index in [0.29, 0.717) is 16.5 Å². The van der Waals surface area contributed by atoms with Gasteiger partial charge in [0.1, 0.15) is 0 Å². The number of hydrogen-bond donors (Lipinski definition) is 0. The molecule has 4 aromatic rings. The van der Waals surface area contributed by atoms with Crippen LogP contribution in [-0.2, 0) is 11.3 Å². The summed E-state index contributed by atoms with van der Waals surface area (Å²) in [6, 6.07) is 18.0. The summed E-state index contributed by atoms with van der Waals surface area (Å²) in [5.41, 5.74) is 2.06. The molecule has 0 N–H and O–H groups in total. The lowest BCUT2D eigenvalue weighted by molar-refractivity contribution is 0.0438. The molecule has 0 bridgehead atoms. The Morgan fingerprint density at radius 3 is 2.59 bits per heavy atom. The van der Waals surface area contributed by atoms with Crippen molar-refractivity contribution in [3.05, 3.63) is 89.5 Å². The zero-order chi connectivity index (χ0) is 18.6. The smallest absolute Gasteiger partial charge is 0.338 e. The number of rotatable bonds is 5. The molecular weight excluding hydrogens is 366 g/mol. The fourth-order valence-corrected chi connectivity index (χ4v) is 2.66. The van der Waals surface area contributed by atoms with Crippen LogP contribution in [0.1, 0.15) is 16.2 Å². The first kappa shape index (κ1) is 17.1. The van der Waals surface area contributed by atoms with Gasteiger partial charge in [-0.1, -0.05) is 17.7 Å². The van der Waals surface area contributed by atoms with Crippen molar-refractivity contribution in [3.8, 4) is 17.1 Å². The molecule has 0 aliphatic carbocycles. The van der Waals surface area contributed by atoms with Crippen LogP contribution in [0.2, 0.25) is 5.02 Å². The van der Waals surface area contributed by atoms with E-state index in [2.05, 4.69) is 10.2 Å². The van der Waals surface area contributed by atoms with Crippen LogP contribution in [0.15, 0.2) is 77.5 Å². The minimum atomic E-state index is -0.463. The Bertz CT molecular complexity index is 1060. The average Bonchev–Trinajstić information content (AvgIpc) is 3.39. The van der Waals surface area contributed by atoms with Crippen molar-refractivity contribution < 1.29 is 13.9 Å². The minimum Gasteiger partial charge on any atom is -0.452 e. The molecule has 0 saturated carbocycles. The third-order valence-electron chi connectivity index (χ3n) is 3.87. The van der Waals surface area contributed by atoms with Gasteiger partial charge in [0.2, 0.25) is 5.89 Å². The quantitative estimate of drug-likeness (QED) is 0.476. The molecule has 0 aliphatic heterocycles. The molecule has 7 heteroatoms. The van der Waals surface area contributed by atoms with E-state index < -0.39 is 5.97 Å². The third kappa shape index (κ3) is 3.91. The van der Waals surface area contributed by atoms with E-state index in [4.69, 9.17) is 20.8 Å².